The third-order valence-electron chi connectivity index (χ3n) is 4.02. The number of carbonyl (C=O) groups excluding carboxylic acids is 2. The number of hydrogen-bond acceptors (Lipinski definition) is 5. The van der Waals surface area contributed by atoms with Crippen molar-refractivity contribution in [1.82, 2.24) is 0 Å². The van der Waals surface area contributed by atoms with Crippen molar-refractivity contribution >= 4 is 12.3 Å². The molecule has 0 spiro atoms. The second-order valence-corrected chi connectivity index (χ2v) is 5.36. The first-order valence-corrected chi connectivity index (χ1v) is 7.13. The van der Waals surface area contributed by atoms with E-state index in [0.29, 0.717) is 24.6 Å². The van der Waals surface area contributed by atoms with Gasteiger partial charge in [0.2, 0.25) is 0 Å². The molecule has 0 atom stereocenters. The molecule has 114 valence electrons. The van der Waals surface area contributed by atoms with Crippen LogP contribution in [0.1, 0.15) is 36.0 Å². The van der Waals surface area contributed by atoms with Gasteiger partial charge in [-0.05, 0) is 43.7 Å². The van der Waals surface area contributed by atoms with E-state index in [4.69, 9.17) is 9.47 Å². The number of phenolic OH excluding ortho intramolecular Hbond substituents is 1. The van der Waals surface area contributed by atoms with Crippen molar-refractivity contribution in [2.24, 2.45) is 11.8 Å². The Morgan fingerprint density at radius 3 is 2.67 bits per heavy atom. The number of hydrogen-bond donors (Lipinski definition) is 1. The van der Waals surface area contributed by atoms with Gasteiger partial charge in [0.25, 0.3) is 0 Å². The molecule has 1 aliphatic carbocycles. The topological polar surface area (TPSA) is 72.8 Å². The third-order valence-corrected chi connectivity index (χ3v) is 4.02. The molecule has 1 saturated carbocycles. The Morgan fingerprint density at radius 2 is 2.05 bits per heavy atom. The molecule has 0 radical (unpaired) electrons. The molecule has 1 aromatic carbocycles. The minimum atomic E-state index is -0.134. The Kier molecular flexibility index (Phi) is 5.20. The van der Waals surface area contributed by atoms with Crippen LogP contribution in [0.2, 0.25) is 0 Å². The van der Waals surface area contributed by atoms with Crippen molar-refractivity contribution in [3.05, 3.63) is 23.8 Å². The standard InChI is InChI=1S/C16H20O5/c1-20-16(19)12-7-5-11(6-8-12)10-21-15-4-2-3-14(18)13(15)9-17/h2-4,9,11-12,18H,5-8,10H2,1H3/t11-,12-. The number of carbonyl (C=O) groups is 2. The van der Waals surface area contributed by atoms with Gasteiger partial charge in [0.1, 0.15) is 11.5 Å². The maximum Gasteiger partial charge on any atom is 0.308 e. The van der Waals surface area contributed by atoms with Gasteiger partial charge in [-0.2, -0.15) is 0 Å². The van der Waals surface area contributed by atoms with E-state index < -0.39 is 0 Å². The molecular weight excluding hydrogens is 272 g/mol. The van der Waals surface area contributed by atoms with Crippen LogP contribution in [-0.4, -0.2) is 31.1 Å². The van der Waals surface area contributed by atoms with Gasteiger partial charge in [0.15, 0.2) is 6.29 Å². The fourth-order valence-electron chi connectivity index (χ4n) is 2.72. The van der Waals surface area contributed by atoms with E-state index in [0.717, 1.165) is 25.7 Å². The molecule has 2 rings (SSSR count). The van der Waals surface area contributed by atoms with Crippen LogP contribution < -0.4 is 4.74 Å². The molecule has 0 unspecified atom stereocenters. The number of rotatable bonds is 5. The fourth-order valence-corrected chi connectivity index (χ4v) is 2.72. The van der Waals surface area contributed by atoms with Crippen LogP contribution in [-0.2, 0) is 9.53 Å². The Bertz CT molecular complexity index is 503. The van der Waals surface area contributed by atoms with Crippen LogP contribution in [0.15, 0.2) is 18.2 Å². The number of benzene rings is 1. The van der Waals surface area contributed by atoms with E-state index in [1.165, 1.54) is 13.2 Å². The summed E-state index contributed by atoms with van der Waals surface area (Å²) in [5.74, 6) is 0.549. The van der Waals surface area contributed by atoms with E-state index in [-0.39, 0.29) is 23.2 Å². The van der Waals surface area contributed by atoms with Crippen LogP contribution >= 0.6 is 0 Å². The molecule has 0 saturated heterocycles. The molecular formula is C16H20O5. The summed E-state index contributed by atoms with van der Waals surface area (Å²) in [5, 5.41) is 9.59. The first kappa shape index (κ1) is 15.4. The third kappa shape index (κ3) is 3.74. The second-order valence-electron chi connectivity index (χ2n) is 5.36. The normalized spacial score (nSPS) is 21.6. The zero-order valence-electron chi connectivity index (χ0n) is 12.1. The summed E-state index contributed by atoms with van der Waals surface area (Å²) in [7, 11) is 1.42. The summed E-state index contributed by atoms with van der Waals surface area (Å²) >= 11 is 0. The van der Waals surface area contributed by atoms with E-state index in [9.17, 15) is 14.7 Å². The quantitative estimate of drug-likeness (QED) is 0.667. The molecule has 1 aromatic rings. The largest absolute Gasteiger partial charge is 0.507 e. The number of esters is 1. The van der Waals surface area contributed by atoms with Crippen LogP contribution in [0.25, 0.3) is 0 Å². The van der Waals surface area contributed by atoms with E-state index in [1.54, 1.807) is 12.1 Å². The predicted molar refractivity (Wildman–Crippen MR) is 76.5 cm³/mol. The summed E-state index contributed by atoms with van der Waals surface area (Å²) in [6.07, 6.45) is 4.01. The first-order chi connectivity index (χ1) is 10.2. The lowest BCUT2D eigenvalue weighted by Gasteiger charge is -2.26. The number of aromatic hydroxyl groups is 1. The van der Waals surface area contributed by atoms with E-state index in [2.05, 4.69) is 0 Å². The number of methoxy groups -OCH3 is 1. The van der Waals surface area contributed by atoms with Crippen molar-refractivity contribution < 1.29 is 24.2 Å². The molecule has 0 amide bonds. The molecule has 0 heterocycles. The van der Waals surface area contributed by atoms with Crippen LogP contribution in [0.5, 0.6) is 11.5 Å². The number of phenols is 1. The summed E-state index contributed by atoms with van der Waals surface area (Å²) in [5.41, 5.74) is 0.181. The Labute approximate surface area is 123 Å². The lowest BCUT2D eigenvalue weighted by Crippen LogP contribution is -2.25. The van der Waals surface area contributed by atoms with Crippen molar-refractivity contribution in [3.8, 4) is 11.5 Å². The van der Waals surface area contributed by atoms with Gasteiger partial charge in [-0.15, -0.1) is 0 Å². The van der Waals surface area contributed by atoms with Gasteiger partial charge in [-0.3, -0.25) is 9.59 Å². The van der Waals surface area contributed by atoms with Gasteiger partial charge >= 0.3 is 5.97 Å². The summed E-state index contributed by atoms with van der Waals surface area (Å²) in [6, 6.07) is 4.77. The molecule has 21 heavy (non-hydrogen) atoms. The van der Waals surface area contributed by atoms with Gasteiger partial charge in [-0.1, -0.05) is 6.07 Å². The van der Waals surface area contributed by atoms with Crippen LogP contribution in [0.3, 0.4) is 0 Å². The Morgan fingerprint density at radius 1 is 1.33 bits per heavy atom. The van der Waals surface area contributed by atoms with Gasteiger partial charge in [0, 0.05) is 0 Å². The van der Waals surface area contributed by atoms with Crippen molar-refractivity contribution in [1.29, 1.82) is 0 Å². The molecule has 1 aliphatic rings. The maximum absolute atomic E-state index is 11.5. The lowest BCUT2D eigenvalue weighted by atomic mass is 9.82. The van der Waals surface area contributed by atoms with Crippen LogP contribution in [0.4, 0.5) is 0 Å². The highest BCUT2D eigenvalue weighted by Gasteiger charge is 2.27. The summed E-state index contributed by atoms with van der Waals surface area (Å²) in [6.45, 7) is 0.484. The molecule has 1 fully saturated rings. The minimum absolute atomic E-state index is 0.00226. The van der Waals surface area contributed by atoms with Crippen molar-refractivity contribution in [2.75, 3.05) is 13.7 Å². The monoisotopic (exact) mass is 292 g/mol. The van der Waals surface area contributed by atoms with Gasteiger partial charge in [0.05, 0.1) is 25.2 Å². The van der Waals surface area contributed by atoms with Crippen molar-refractivity contribution in [2.45, 2.75) is 25.7 Å². The average molecular weight is 292 g/mol. The zero-order chi connectivity index (χ0) is 15.2. The summed E-state index contributed by atoms with van der Waals surface area (Å²) in [4.78, 5) is 22.4. The molecule has 0 aromatic heterocycles. The Hall–Kier alpha value is -2.04. The zero-order valence-corrected chi connectivity index (χ0v) is 12.1. The SMILES string of the molecule is COC(=O)[C@H]1CC[C@H](COc2cccc(O)c2C=O)CC1. The average Bonchev–Trinajstić information content (AvgIpc) is 2.52. The lowest BCUT2D eigenvalue weighted by molar-refractivity contribution is -0.146. The minimum Gasteiger partial charge on any atom is -0.507 e. The number of ether oxygens (including phenoxy) is 2. The van der Waals surface area contributed by atoms with Gasteiger partial charge < -0.3 is 14.6 Å². The molecule has 5 heteroatoms. The van der Waals surface area contributed by atoms with Crippen molar-refractivity contribution in [3.63, 3.8) is 0 Å². The second kappa shape index (κ2) is 7.11. The number of aldehydes is 1. The summed E-state index contributed by atoms with van der Waals surface area (Å²) < 4.78 is 10.4. The Balaban J connectivity index is 1.87. The van der Waals surface area contributed by atoms with Crippen LogP contribution in [0, 0.1) is 11.8 Å². The molecule has 5 nitrogen and oxygen atoms in total. The highest BCUT2D eigenvalue weighted by atomic mass is 16.5. The smallest absolute Gasteiger partial charge is 0.308 e. The molecule has 0 aliphatic heterocycles. The molecule has 1 N–H and O–H groups in total. The first-order valence-electron chi connectivity index (χ1n) is 7.13. The highest BCUT2D eigenvalue weighted by Crippen LogP contribution is 2.31. The van der Waals surface area contributed by atoms with E-state index >= 15 is 0 Å². The predicted octanol–water partition coefficient (Wildman–Crippen LogP) is 2.56. The molecule has 0 bridgehead atoms. The highest BCUT2D eigenvalue weighted by molar-refractivity contribution is 5.83. The fraction of sp³-hybridized carbons (Fsp3) is 0.500. The van der Waals surface area contributed by atoms with E-state index in [1.807, 2.05) is 0 Å². The maximum atomic E-state index is 11.5. The van der Waals surface area contributed by atoms with Gasteiger partial charge in [-0.25, -0.2) is 0 Å².